The zero-order chi connectivity index (χ0) is 12.0. The van der Waals surface area contributed by atoms with Crippen LogP contribution in [0.3, 0.4) is 0 Å². The van der Waals surface area contributed by atoms with Crippen LogP contribution in [0.25, 0.3) is 6.08 Å². The molecule has 0 atom stereocenters. The lowest BCUT2D eigenvalue weighted by atomic mass is 10.1. The number of ether oxygens (including phenoxy) is 2. The number of methoxy groups -OCH3 is 2. The maximum atomic E-state index is 10.9. The first-order chi connectivity index (χ1) is 7.72. The summed E-state index contributed by atoms with van der Waals surface area (Å²) < 4.78 is 9.44. The van der Waals surface area contributed by atoms with E-state index in [1.807, 2.05) is 6.07 Å². The van der Waals surface area contributed by atoms with Gasteiger partial charge >= 0.3 is 5.97 Å². The fourth-order valence-electron chi connectivity index (χ4n) is 1.09. The van der Waals surface area contributed by atoms with E-state index in [-0.39, 0.29) is 0 Å². The van der Waals surface area contributed by atoms with Gasteiger partial charge in [0.05, 0.1) is 25.3 Å². The smallest absolute Gasteiger partial charge is 0.330 e. The molecule has 0 amide bonds. The Kier molecular flexibility index (Phi) is 4.04. The van der Waals surface area contributed by atoms with Crippen molar-refractivity contribution in [2.75, 3.05) is 14.2 Å². The minimum Gasteiger partial charge on any atom is -0.481 e. The zero-order valence-corrected chi connectivity index (χ0v) is 8.93. The molecule has 0 saturated carbocycles. The third-order valence-electron chi connectivity index (χ3n) is 1.85. The van der Waals surface area contributed by atoms with Crippen LogP contribution in [0.15, 0.2) is 18.3 Å². The fraction of sp³-hybridized carbons (Fsp3) is 0.182. The van der Waals surface area contributed by atoms with Crippen molar-refractivity contribution in [1.82, 2.24) is 4.98 Å². The van der Waals surface area contributed by atoms with Gasteiger partial charge in [-0.1, -0.05) is 0 Å². The number of esters is 1. The highest BCUT2D eigenvalue weighted by Crippen LogP contribution is 2.20. The molecule has 5 heteroatoms. The Morgan fingerprint density at radius 1 is 1.56 bits per heavy atom. The van der Waals surface area contributed by atoms with Crippen LogP contribution in [0.1, 0.15) is 11.1 Å². The molecule has 0 fully saturated rings. The number of hydrogen-bond donors (Lipinski definition) is 0. The molecule has 82 valence electrons. The second-order valence-electron chi connectivity index (χ2n) is 2.75. The van der Waals surface area contributed by atoms with E-state index in [9.17, 15) is 4.79 Å². The summed E-state index contributed by atoms with van der Waals surface area (Å²) in [6, 6.07) is 3.53. The van der Waals surface area contributed by atoms with Crippen LogP contribution in [0, 0.1) is 11.3 Å². The van der Waals surface area contributed by atoms with E-state index in [1.54, 1.807) is 6.07 Å². The molecule has 16 heavy (non-hydrogen) atoms. The molecule has 1 heterocycles. The lowest BCUT2D eigenvalue weighted by molar-refractivity contribution is -0.134. The second kappa shape index (κ2) is 5.51. The molecular formula is C11H10N2O3. The monoisotopic (exact) mass is 218 g/mol. The van der Waals surface area contributed by atoms with Crippen LogP contribution < -0.4 is 4.74 Å². The molecule has 0 aliphatic carbocycles. The molecule has 0 aliphatic rings. The van der Waals surface area contributed by atoms with Crippen molar-refractivity contribution >= 4 is 12.0 Å². The van der Waals surface area contributed by atoms with E-state index in [0.29, 0.717) is 17.0 Å². The van der Waals surface area contributed by atoms with Gasteiger partial charge < -0.3 is 9.47 Å². The van der Waals surface area contributed by atoms with E-state index in [2.05, 4.69) is 9.72 Å². The normalized spacial score (nSPS) is 9.81. The molecule has 0 radical (unpaired) electrons. The molecule has 1 aromatic heterocycles. The lowest BCUT2D eigenvalue weighted by Crippen LogP contribution is -1.96. The van der Waals surface area contributed by atoms with Crippen LogP contribution in [0.2, 0.25) is 0 Å². The topological polar surface area (TPSA) is 72.2 Å². The highest BCUT2D eigenvalue weighted by atomic mass is 16.5. The van der Waals surface area contributed by atoms with Crippen LogP contribution in [0.4, 0.5) is 0 Å². The Bertz CT molecular complexity index is 461. The third-order valence-corrected chi connectivity index (χ3v) is 1.85. The summed E-state index contributed by atoms with van der Waals surface area (Å²) in [7, 11) is 2.72. The molecular weight excluding hydrogens is 208 g/mol. The minimum absolute atomic E-state index is 0.291. The summed E-state index contributed by atoms with van der Waals surface area (Å²) in [6.07, 6.45) is 4.11. The van der Waals surface area contributed by atoms with Gasteiger partial charge in [-0.15, -0.1) is 0 Å². The average Bonchev–Trinajstić information content (AvgIpc) is 2.35. The Morgan fingerprint density at radius 3 is 2.88 bits per heavy atom. The van der Waals surface area contributed by atoms with Crippen molar-refractivity contribution in [3.8, 4) is 11.9 Å². The maximum Gasteiger partial charge on any atom is 0.330 e. The first kappa shape index (κ1) is 11.7. The van der Waals surface area contributed by atoms with Crippen molar-refractivity contribution in [2.45, 2.75) is 0 Å². The van der Waals surface area contributed by atoms with E-state index in [0.717, 1.165) is 0 Å². The van der Waals surface area contributed by atoms with Crippen molar-refractivity contribution in [2.24, 2.45) is 0 Å². The molecule has 0 aromatic carbocycles. The average molecular weight is 218 g/mol. The van der Waals surface area contributed by atoms with Gasteiger partial charge in [-0.05, 0) is 12.1 Å². The van der Waals surface area contributed by atoms with Crippen molar-refractivity contribution in [3.05, 3.63) is 29.5 Å². The van der Waals surface area contributed by atoms with Crippen LogP contribution in [0.5, 0.6) is 5.88 Å². The molecule has 0 bridgehead atoms. The molecule has 0 N–H and O–H groups in total. The number of nitrogens with zero attached hydrogens (tertiary/aromatic N) is 2. The highest BCUT2D eigenvalue weighted by Gasteiger charge is 2.07. The first-order valence-electron chi connectivity index (χ1n) is 4.42. The summed E-state index contributed by atoms with van der Waals surface area (Å²) in [4.78, 5) is 14.9. The van der Waals surface area contributed by atoms with E-state index in [4.69, 9.17) is 10.00 Å². The van der Waals surface area contributed by atoms with E-state index < -0.39 is 5.97 Å². The van der Waals surface area contributed by atoms with Crippen molar-refractivity contribution in [1.29, 1.82) is 5.26 Å². The molecule has 0 unspecified atom stereocenters. The predicted octanol–water partition coefficient (Wildman–Crippen LogP) is 1.15. The highest BCUT2D eigenvalue weighted by molar-refractivity contribution is 5.87. The van der Waals surface area contributed by atoms with Gasteiger partial charge in [-0.3, -0.25) is 0 Å². The lowest BCUT2D eigenvalue weighted by Gasteiger charge is -2.04. The number of rotatable bonds is 3. The standard InChI is InChI=1S/C11H10N2O3/c1-15-10(14)4-3-9-8(7-12)5-6-13-11(9)16-2/h3-6H,1-2H3/b4-3+. The molecule has 0 spiro atoms. The van der Waals surface area contributed by atoms with Gasteiger partial charge in [0.25, 0.3) is 0 Å². The Balaban J connectivity index is 3.15. The summed E-state index contributed by atoms with van der Waals surface area (Å²) in [5.41, 5.74) is 0.838. The maximum absolute atomic E-state index is 10.9. The number of aromatic nitrogens is 1. The number of nitriles is 1. The largest absolute Gasteiger partial charge is 0.481 e. The molecule has 0 saturated heterocycles. The number of pyridine rings is 1. The Labute approximate surface area is 92.9 Å². The number of hydrogen-bond acceptors (Lipinski definition) is 5. The molecule has 5 nitrogen and oxygen atoms in total. The molecule has 1 aromatic rings. The van der Waals surface area contributed by atoms with Crippen LogP contribution >= 0.6 is 0 Å². The summed E-state index contributed by atoms with van der Waals surface area (Å²) in [5.74, 6) is -0.214. The van der Waals surface area contributed by atoms with Crippen LogP contribution in [-0.4, -0.2) is 25.2 Å². The molecule has 0 aliphatic heterocycles. The number of carbonyl (C=O) groups is 1. The van der Waals surface area contributed by atoms with Gasteiger partial charge in [0.15, 0.2) is 0 Å². The van der Waals surface area contributed by atoms with Gasteiger partial charge in [-0.2, -0.15) is 5.26 Å². The van der Waals surface area contributed by atoms with Crippen molar-refractivity contribution in [3.63, 3.8) is 0 Å². The summed E-state index contributed by atoms with van der Waals surface area (Å²) in [5, 5.41) is 8.88. The summed E-state index contributed by atoms with van der Waals surface area (Å²) in [6.45, 7) is 0. The van der Waals surface area contributed by atoms with Gasteiger partial charge in [0.2, 0.25) is 5.88 Å². The van der Waals surface area contributed by atoms with Gasteiger partial charge in [0.1, 0.15) is 6.07 Å². The van der Waals surface area contributed by atoms with E-state index in [1.165, 1.54) is 32.6 Å². The minimum atomic E-state index is -0.505. The predicted molar refractivity (Wildman–Crippen MR) is 56.6 cm³/mol. The molecule has 1 rings (SSSR count). The van der Waals surface area contributed by atoms with E-state index >= 15 is 0 Å². The fourth-order valence-corrected chi connectivity index (χ4v) is 1.09. The van der Waals surface area contributed by atoms with Crippen LogP contribution in [-0.2, 0) is 9.53 Å². The zero-order valence-electron chi connectivity index (χ0n) is 8.93. The Morgan fingerprint density at radius 2 is 2.31 bits per heavy atom. The Hall–Kier alpha value is -2.35. The van der Waals surface area contributed by atoms with Crippen molar-refractivity contribution < 1.29 is 14.3 Å². The third kappa shape index (κ3) is 2.58. The summed E-state index contributed by atoms with van der Waals surface area (Å²) >= 11 is 0. The SMILES string of the molecule is COC(=O)/C=C/c1c(C#N)ccnc1OC. The first-order valence-corrected chi connectivity index (χ1v) is 4.42. The number of carbonyl (C=O) groups excluding carboxylic acids is 1. The van der Waals surface area contributed by atoms with Gasteiger partial charge in [0, 0.05) is 12.3 Å². The van der Waals surface area contributed by atoms with Gasteiger partial charge in [-0.25, -0.2) is 9.78 Å². The quantitative estimate of drug-likeness (QED) is 0.562. The second-order valence-corrected chi connectivity index (χ2v) is 2.75.